The molecule has 0 radical (unpaired) electrons. The topological polar surface area (TPSA) is 74.8 Å². The maximum Gasteiger partial charge on any atom is 0.266 e. The Labute approximate surface area is 256 Å². The monoisotopic (exact) mass is 582 g/mol. The lowest BCUT2D eigenvalue weighted by atomic mass is 9.81. The lowest BCUT2D eigenvalue weighted by Gasteiger charge is -2.35. The van der Waals surface area contributed by atoms with Crippen molar-refractivity contribution < 1.29 is 19.2 Å². The van der Waals surface area contributed by atoms with E-state index in [1.54, 1.807) is 12.1 Å². The van der Waals surface area contributed by atoms with Crippen LogP contribution in [0.1, 0.15) is 127 Å². The second kappa shape index (κ2) is 9.98. The van der Waals surface area contributed by atoms with Gasteiger partial charge in [0.2, 0.25) is 0 Å². The molecule has 0 aromatic heterocycles. The van der Waals surface area contributed by atoms with Gasteiger partial charge in [-0.25, -0.2) is 9.80 Å². The first-order valence-corrected chi connectivity index (χ1v) is 15.9. The number of carbonyl (C=O) groups is 4. The van der Waals surface area contributed by atoms with Gasteiger partial charge in [-0.15, -0.1) is 0 Å². The molecule has 2 saturated carbocycles. The van der Waals surface area contributed by atoms with Crippen LogP contribution in [0, 0.1) is 13.8 Å². The summed E-state index contributed by atoms with van der Waals surface area (Å²) in [6, 6.07) is 19.0. The molecule has 44 heavy (non-hydrogen) atoms. The van der Waals surface area contributed by atoms with Crippen LogP contribution in [0.15, 0.2) is 60.7 Å². The van der Waals surface area contributed by atoms with Crippen molar-refractivity contribution in [2.45, 2.75) is 77.0 Å². The highest BCUT2D eigenvalue weighted by molar-refractivity contribution is 6.43. The van der Waals surface area contributed by atoms with Crippen molar-refractivity contribution in [3.05, 3.63) is 105 Å². The molecule has 2 fully saturated rings. The molecule has 2 aliphatic heterocycles. The van der Waals surface area contributed by atoms with Gasteiger partial charge in [-0.2, -0.15) is 0 Å². The number of aryl methyl sites for hydroxylation is 2. The first-order chi connectivity index (χ1) is 21.4. The van der Waals surface area contributed by atoms with Gasteiger partial charge < -0.3 is 0 Å². The Morgan fingerprint density at radius 2 is 0.886 bits per heavy atom. The molecule has 6 nitrogen and oxygen atoms in total. The largest absolute Gasteiger partial charge is 0.268 e. The number of hydrogen-bond acceptors (Lipinski definition) is 4. The van der Waals surface area contributed by atoms with Crippen molar-refractivity contribution >= 4 is 45.8 Å². The number of imide groups is 2. The lowest BCUT2D eigenvalue weighted by molar-refractivity contribution is 0.0872. The summed E-state index contributed by atoms with van der Waals surface area (Å²) in [6.07, 6.45) is 8.69. The van der Waals surface area contributed by atoms with Crippen molar-refractivity contribution in [3.63, 3.8) is 0 Å². The second-order valence-electron chi connectivity index (χ2n) is 13.0. The van der Waals surface area contributed by atoms with Crippen LogP contribution >= 0.6 is 0 Å². The number of benzene rings is 4. The minimum Gasteiger partial charge on any atom is -0.268 e. The van der Waals surface area contributed by atoms with Gasteiger partial charge in [-0.1, -0.05) is 62.1 Å². The summed E-state index contributed by atoms with van der Waals surface area (Å²) < 4.78 is 0. The fourth-order valence-corrected chi connectivity index (χ4v) is 8.43. The molecule has 8 rings (SSSR count). The number of carbonyl (C=O) groups excluding carboxylic acids is 4. The molecule has 4 amide bonds. The molecule has 0 N–H and O–H groups in total. The van der Waals surface area contributed by atoms with E-state index in [9.17, 15) is 19.2 Å². The van der Waals surface area contributed by atoms with Crippen molar-refractivity contribution in [2.75, 3.05) is 9.80 Å². The van der Waals surface area contributed by atoms with E-state index in [-0.39, 0.29) is 0 Å². The van der Waals surface area contributed by atoms with Crippen LogP contribution < -0.4 is 9.80 Å². The number of amides is 4. The minimum absolute atomic E-state index is 0.305. The van der Waals surface area contributed by atoms with Gasteiger partial charge in [-0.3, -0.25) is 19.2 Å². The molecular formula is C38H34N2O4. The molecule has 2 aliphatic carbocycles. The minimum atomic E-state index is -0.409. The third-order valence-electron chi connectivity index (χ3n) is 10.4. The van der Waals surface area contributed by atoms with E-state index in [0.717, 1.165) is 62.5 Å². The predicted octanol–water partition coefficient (Wildman–Crippen LogP) is 8.37. The summed E-state index contributed by atoms with van der Waals surface area (Å²) in [7, 11) is 0. The zero-order chi connectivity index (χ0) is 30.3. The highest BCUT2D eigenvalue weighted by Crippen LogP contribution is 2.46. The van der Waals surface area contributed by atoms with E-state index in [1.807, 2.05) is 62.4 Å². The average molecular weight is 583 g/mol. The maximum absolute atomic E-state index is 14.4. The van der Waals surface area contributed by atoms with E-state index in [0.29, 0.717) is 67.4 Å². The van der Waals surface area contributed by atoms with E-state index in [1.165, 1.54) is 9.80 Å². The Kier molecular flexibility index (Phi) is 6.12. The third-order valence-corrected chi connectivity index (χ3v) is 10.4. The van der Waals surface area contributed by atoms with Crippen LogP contribution in [-0.2, 0) is 0 Å². The SMILES string of the molecule is Cc1cc2c3c(c(C)cc4c3c1C(=O)N(c1ccccc1C1CCCC1)C4=O)C(=O)N(c1ccccc1C1CCCC1)C2=O. The quantitative estimate of drug-likeness (QED) is 0.227. The lowest BCUT2D eigenvalue weighted by Crippen LogP contribution is -2.45. The summed E-state index contributed by atoms with van der Waals surface area (Å²) in [6.45, 7) is 3.65. The van der Waals surface area contributed by atoms with Crippen molar-refractivity contribution in [1.29, 1.82) is 0 Å². The van der Waals surface area contributed by atoms with Crippen LogP contribution in [0.3, 0.4) is 0 Å². The molecule has 0 atom stereocenters. The van der Waals surface area contributed by atoms with Crippen molar-refractivity contribution in [1.82, 2.24) is 0 Å². The number of rotatable bonds is 4. The Hall–Kier alpha value is -4.58. The smallest absolute Gasteiger partial charge is 0.266 e. The molecular weight excluding hydrogens is 548 g/mol. The maximum atomic E-state index is 14.4. The number of para-hydroxylation sites is 2. The van der Waals surface area contributed by atoms with Gasteiger partial charge in [-0.05, 0) is 97.9 Å². The van der Waals surface area contributed by atoms with Crippen LogP contribution in [0.2, 0.25) is 0 Å². The Morgan fingerprint density at radius 1 is 0.523 bits per heavy atom. The highest BCUT2D eigenvalue weighted by Gasteiger charge is 2.44. The summed E-state index contributed by atoms with van der Waals surface area (Å²) >= 11 is 0. The molecule has 4 aliphatic rings. The molecule has 4 aromatic rings. The van der Waals surface area contributed by atoms with Crippen LogP contribution in [-0.4, -0.2) is 23.6 Å². The van der Waals surface area contributed by atoms with Gasteiger partial charge >= 0.3 is 0 Å². The van der Waals surface area contributed by atoms with Crippen LogP contribution in [0.5, 0.6) is 0 Å². The van der Waals surface area contributed by atoms with Gasteiger partial charge in [0.15, 0.2) is 0 Å². The highest BCUT2D eigenvalue weighted by atomic mass is 16.2. The Morgan fingerprint density at radius 3 is 1.27 bits per heavy atom. The van der Waals surface area contributed by atoms with Gasteiger partial charge in [0.05, 0.1) is 22.5 Å². The number of anilines is 2. The molecule has 4 aromatic carbocycles. The zero-order valence-corrected chi connectivity index (χ0v) is 25.1. The van der Waals surface area contributed by atoms with E-state index in [4.69, 9.17) is 0 Å². The first kappa shape index (κ1) is 27.0. The van der Waals surface area contributed by atoms with Gasteiger partial charge in [0.25, 0.3) is 23.6 Å². The van der Waals surface area contributed by atoms with E-state index in [2.05, 4.69) is 0 Å². The number of hydrogen-bond donors (Lipinski definition) is 0. The Balaban J connectivity index is 1.31. The second-order valence-corrected chi connectivity index (χ2v) is 13.0. The Bertz CT molecular complexity index is 1800. The first-order valence-electron chi connectivity index (χ1n) is 15.9. The van der Waals surface area contributed by atoms with Gasteiger partial charge in [0.1, 0.15) is 0 Å². The predicted molar refractivity (Wildman–Crippen MR) is 171 cm³/mol. The molecule has 6 heteroatoms. The molecule has 2 heterocycles. The summed E-state index contributed by atoms with van der Waals surface area (Å²) in [5.41, 5.74) is 6.06. The van der Waals surface area contributed by atoms with Crippen molar-refractivity contribution in [3.8, 4) is 0 Å². The normalized spacial score (nSPS) is 18.8. The average Bonchev–Trinajstić information content (AvgIpc) is 3.75. The standard InChI is InChI=1S/C38H34N2O4/c1-21-19-27-34-32(38(44)40(35(27)41)30-18-10-8-16-26(30)24-13-5-6-14-24)22(2)20-28-33(34)31(21)37(43)39(36(28)42)29-17-9-7-15-25(29)23-11-3-4-12-23/h7-10,15-20,23-24H,3-6,11-14H2,1-2H3. The number of nitrogens with zero attached hydrogens (tertiary/aromatic N) is 2. The molecule has 0 bridgehead atoms. The fraction of sp³-hybridized carbons (Fsp3) is 0.316. The van der Waals surface area contributed by atoms with E-state index < -0.39 is 23.6 Å². The zero-order valence-electron chi connectivity index (χ0n) is 25.1. The molecule has 0 saturated heterocycles. The third kappa shape index (κ3) is 3.73. The summed E-state index contributed by atoms with van der Waals surface area (Å²) in [5, 5.41) is 0.853. The molecule has 220 valence electrons. The summed E-state index contributed by atoms with van der Waals surface area (Å²) in [5.74, 6) is -1.01. The van der Waals surface area contributed by atoms with Crippen LogP contribution in [0.25, 0.3) is 10.8 Å². The van der Waals surface area contributed by atoms with E-state index >= 15 is 0 Å². The summed E-state index contributed by atoms with van der Waals surface area (Å²) in [4.78, 5) is 60.1. The molecule has 0 spiro atoms. The fourth-order valence-electron chi connectivity index (χ4n) is 8.43. The van der Waals surface area contributed by atoms with Crippen molar-refractivity contribution in [2.24, 2.45) is 0 Å². The van der Waals surface area contributed by atoms with Gasteiger partial charge in [0, 0.05) is 21.9 Å². The van der Waals surface area contributed by atoms with Crippen LogP contribution in [0.4, 0.5) is 11.4 Å². The molecule has 0 unspecified atom stereocenters.